The molecular formula is C13H21NO. The molecular weight excluding hydrogens is 186 g/mol. The van der Waals surface area contributed by atoms with E-state index in [-0.39, 0.29) is 17.2 Å². The Bertz CT molecular complexity index is 304. The van der Waals surface area contributed by atoms with Crippen molar-refractivity contribution in [1.82, 2.24) is 0 Å². The Morgan fingerprint density at radius 3 is 2.80 bits per heavy atom. The number of allylic oxidation sites excluding steroid dienone is 3. The summed E-state index contributed by atoms with van der Waals surface area (Å²) in [5, 5.41) is 0. The zero-order valence-corrected chi connectivity index (χ0v) is 9.92. The second-order valence-corrected chi connectivity index (χ2v) is 4.71. The second-order valence-electron chi connectivity index (χ2n) is 4.71. The van der Waals surface area contributed by atoms with Gasteiger partial charge in [-0.15, -0.1) is 0 Å². The van der Waals surface area contributed by atoms with E-state index in [1.807, 2.05) is 19.1 Å². The van der Waals surface area contributed by atoms with Crippen molar-refractivity contribution >= 4 is 5.91 Å². The molecule has 2 unspecified atom stereocenters. The van der Waals surface area contributed by atoms with Gasteiger partial charge in [-0.2, -0.15) is 0 Å². The van der Waals surface area contributed by atoms with Crippen LogP contribution in [-0.4, -0.2) is 5.91 Å². The zero-order chi connectivity index (χ0) is 11.5. The van der Waals surface area contributed by atoms with Gasteiger partial charge in [-0.05, 0) is 13.3 Å². The molecule has 2 atom stereocenters. The molecule has 0 aromatic carbocycles. The topological polar surface area (TPSA) is 43.1 Å². The predicted molar refractivity (Wildman–Crippen MR) is 63.2 cm³/mol. The van der Waals surface area contributed by atoms with E-state index in [1.165, 1.54) is 0 Å². The van der Waals surface area contributed by atoms with E-state index in [0.717, 1.165) is 24.8 Å². The molecule has 1 aliphatic rings. The molecule has 0 saturated heterocycles. The van der Waals surface area contributed by atoms with Gasteiger partial charge in [0.25, 0.3) is 0 Å². The fourth-order valence-electron chi connectivity index (χ4n) is 2.47. The van der Waals surface area contributed by atoms with Crippen LogP contribution in [0.4, 0.5) is 0 Å². The third-order valence-electron chi connectivity index (χ3n) is 3.30. The molecule has 2 heteroatoms. The number of nitrogens with two attached hydrogens (primary N) is 1. The van der Waals surface area contributed by atoms with Crippen LogP contribution in [-0.2, 0) is 4.79 Å². The molecule has 1 aliphatic carbocycles. The maximum atomic E-state index is 11.5. The van der Waals surface area contributed by atoms with Gasteiger partial charge >= 0.3 is 0 Å². The van der Waals surface area contributed by atoms with Gasteiger partial charge in [0.15, 0.2) is 0 Å². The largest absolute Gasteiger partial charge is 0.369 e. The third-order valence-corrected chi connectivity index (χ3v) is 3.30. The summed E-state index contributed by atoms with van der Waals surface area (Å²) in [5.41, 5.74) is 6.50. The molecule has 0 aromatic heterocycles. The summed E-state index contributed by atoms with van der Waals surface area (Å²) < 4.78 is 0. The number of hydrogen-bond donors (Lipinski definition) is 1. The van der Waals surface area contributed by atoms with Crippen LogP contribution in [0.15, 0.2) is 23.8 Å². The van der Waals surface area contributed by atoms with Crippen molar-refractivity contribution in [2.45, 2.75) is 40.0 Å². The summed E-state index contributed by atoms with van der Waals surface area (Å²) in [5.74, 6) is -0.333. The summed E-state index contributed by atoms with van der Waals surface area (Å²) in [7, 11) is 0. The van der Waals surface area contributed by atoms with E-state index in [0.29, 0.717) is 0 Å². The van der Waals surface area contributed by atoms with Gasteiger partial charge < -0.3 is 5.73 Å². The van der Waals surface area contributed by atoms with E-state index in [2.05, 4.69) is 19.9 Å². The van der Waals surface area contributed by atoms with Crippen LogP contribution in [0.2, 0.25) is 0 Å². The molecule has 1 rings (SSSR count). The lowest BCUT2D eigenvalue weighted by molar-refractivity contribution is -0.123. The number of carbonyl (C=O) groups excluding carboxylic acids is 1. The van der Waals surface area contributed by atoms with Crippen LogP contribution in [0.5, 0.6) is 0 Å². The van der Waals surface area contributed by atoms with E-state index in [4.69, 9.17) is 5.73 Å². The molecule has 0 spiro atoms. The van der Waals surface area contributed by atoms with Crippen LogP contribution < -0.4 is 5.73 Å². The van der Waals surface area contributed by atoms with Crippen molar-refractivity contribution in [1.29, 1.82) is 0 Å². The highest BCUT2D eigenvalue weighted by molar-refractivity contribution is 5.81. The molecule has 15 heavy (non-hydrogen) atoms. The Morgan fingerprint density at radius 2 is 2.27 bits per heavy atom. The minimum atomic E-state index is -0.202. The van der Waals surface area contributed by atoms with Gasteiger partial charge in [0.2, 0.25) is 5.91 Å². The molecule has 0 saturated carbocycles. The highest BCUT2D eigenvalue weighted by atomic mass is 16.1. The first kappa shape index (κ1) is 12.0. The van der Waals surface area contributed by atoms with Crippen LogP contribution in [0.3, 0.4) is 0 Å². The lowest BCUT2D eigenvalue weighted by atomic mass is 9.68. The van der Waals surface area contributed by atoms with E-state index < -0.39 is 0 Å². The minimum Gasteiger partial charge on any atom is -0.369 e. The molecule has 0 heterocycles. The third kappa shape index (κ3) is 2.49. The average Bonchev–Trinajstić information content (AvgIpc) is 2.14. The normalized spacial score (nSPS) is 30.1. The lowest BCUT2D eigenvalue weighted by Gasteiger charge is -2.36. The fraction of sp³-hybridized carbons (Fsp3) is 0.615. The molecule has 84 valence electrons. The smallest absolute Gasteiger partial charge is 0.225 e. The van der Waals surface area contributed by atoms with Crippen LogP contribution in [0.1, 0.15) is 40.0 Å². The van der Waals surface area contributed by atoms with E-state index in [9.17, 15) is 4.79 Å². The van der Waals surface area contributed by atoms with Crippen molar-refractivity contribution < 1.29 is 4.79 Å². The van der Waals surface area contributed by atoms with Crippen LogP contribution in [0.25, 0.3) is 0 Å². The number of amides is 1. The van der Waals surface area contributed by atoms with Gasteiger partial charge in [0.1, 0.15) is 0 Å². The van der Waals surface area contributed by atoms with Crippen molar-refractivity contribution in [3.8, 4) is 0 Å². The van der Waals surface area contributed by atoms with Crippen molar-refractivity contribution in [3.05, 3.63) is 23.8 Å². The number of carbonyl (C=O) groups is 1. The van der Waals surface area contributed by atoms with Crippen molar-refractivity contribution in [2.24, 2.45) is 17.1 Å². The van der Waals surface area contributed by atoms with Crippen LogP contribution in [0, 0.1) is 11.3 Å². The highest BCUT2D eigenvalue weighted by Crippen LogP contribution is 2.41. The Balaban J connectivity index is 2.90. The van der Waals surface area contributed by atoms with Crippen LogP contribution >= 0.6 is 0 Å². The average molecular weight is 207 g/mol. The first-order valence-corrected chi connectivity index (χ1v) is 5.66. The summed E-state index contributed by atoms with van der Waals surface area (Å²) >= 11 is 0. The Hall–Kier alpha value is -1.05. The van der Waals surface area contributed by atoms with Gasteiger partial charge in [0, 0.05) is 5.41 Å². The van der Waals surface area contributed by atoms with Gasteiger partial charge in [-0.1, -0.05) is 50.5 Å². The number of primary amides is 1. The molecule has 0 aliphatic heterocycles. The number of unbranched alkanes of at least 4 members (excludes halogenated alkanes) is 1. The summed E-state index contributed by atoms with van der Waals surface area (Å²) in [6.07, 6.45) is 9.48. The molecule has 0 fully saturated rings. The van der Waals surface area contributed by atoms with Gasteiger partial charge in [0.05, 0.1) is 5.92 Å². The van der Waals surface area contributed by atoms with E-state index >= 15 is 0 Å². The Kier molecular flexibility index (Phi) is 3.72. The summed E-state index contributed by atoms with van der Waals surface area (Å²) in [6.45, 7) is 6.28. The highest BCUT2D eigenvalue weighted by Gasteiger charge is 2.37. The molecule has 0 bridgehead atoms. The van der Waals surface area contributed by atoms with Gasteiger partial charge in [-0.25, -0.2) is 0 Å². The molecule has 2 nitrogen and oxygen atoms in total. The monoisotopic (exact) mass is 207 g/mol. The molecule has 2 N–H and O–H groups in total. The quantitative estimate of drug-likeness (QED) is 0.756. The summed E-state index contributed by atoms with van der Waals surface area (Å²) in [6, 6.07) is 0. The lowest BCUT2D eigenvalue weighted by Crippen LogP contribution is -2.38. The number of hydrogen-bond acceptors (Lipinski definition) is 1. The zero-order valence-electron chi connectivity index (χ0n) is 9.92. The fourth-order valence-corrected chi connectivity index (χ4v) is 2.47. The SMILES string of the molecule is CCCCC1(C)C=CC=C(C)C1C(N)=O. The van der Waals surface area contributed by atoms with E-state index in [1.54, 1.807) is 0 Å². The van der Waals surface area contributed by atoms with Crippen molar-refractivity contribution in [2.75, 3.05) is 0 Å². The van der Waals surface area contributed by atoms with Gasteiger partial charge in [-0.3, -0.25) is 4.79 Å². The Morgan fingerprint density at radius 1 is 1.60 bits per heavy atom. The second kappa shape index (κ2) is 4.65. The molecule has 0 radical (unpaired) electrons. The number of rotatable bonds is 4. The van der Waals surface area contributed by atoms with Crippen molar-refractivity contribution in [3.63, 3.8) is 0 Å². The minimum absolute atomic E-state index is 0.0827. The maximum Gasteiger partial charge on any atom is 0.225 e. The standard InChI is InChI=1S/C13H21NO/c1-4-5-8-13(3)9-6-7-10(2)11(13)12(14)15/h6-7,9,11H,4-5,8H2,1-3H3,(H2,14,15). The Labute approximate surface area is 92.2 Å². The predicted octanol–water partition coefficient (Wildman–Crippen LogP) is 2.80. The maximum absolute atomic E-state index is 11.5. The summed E-state index contributed by atoms with van der Waals surface area (Å²) in [4.78, 5) is 11.5. The first-order chi connectivity index (χ1) is 7.01. The molecule has 1 amide bonds. The molecule has 0 aromatic rings. The first-order valence-electron chi connectivity index (χ1n) is 5.66.